The Morgan fingerprint density at radius 1 is 1.38 bits per heavy atom. The van der Waals surface area contributed by atoms with Crippen molar-refractivity contribution in [2.75, 3.05) is 33.4 Å². The van der Waals surface area contributed by atoms with Crippen LogP contribution in [0.4, 0.5) is 4.79 Å². The standard InChI is InChI=1S/C13H23N3O5/c1-13(2,3)16(7-10(17)18)12(20)15-5-6-21-8-9(15)11(19)14-4/h9H,5-8H2,1-4H3,(H,14,19)(H,17,18). The Morgan fingerprint density at radius 3 is 2.48 bits per heavy atom. The number of ether oxygens (including phenoxy) is 1. The zero-order chi connectivity index (χ0) is 16.2. The molecule has 0 radical (unpaired) electrons. The van der Waals surface area contributed by atoms with Gasteiger partial charge in [0.2, 0.25) is 5.91 Å². The van der Waals surface area contributed by atoms with Crippen molar-refractivity contribution in [3.63, 3.8) is 0 Å². The van der Waals surface area contributed by atoms with Gasteiger partial charge < -0.3 is 25.0 Å². The van der Waals surface area contributed by atoms with E-state index in [0.29, 0.717) is 6.61 Å². The van der Waals surface area contributed by atoms with Gasteiger partial charge in [0.25, 0.3) is 0 Å². The highest BCUT2D eigenvalue weighted by Crippen LogP contribution is 2.18. The molecule has 1 fully saturated rings. The Hall–Kier alpha value is -1.83. The molecule has 120 valence electrons. The normalized spacial score (nSPS) is 19.0. The number of nitrogens with one attached hydrogen (secondary N) is 1. The molecule has 8 heteroatoms. The van der Waals surface area contributed by atoms with Crippen LogP contribution in [0.1, 0.15) is 20.8 Å². The quantitative estimate of drug-likeness (QED) is 0.748. The number of carboxylic acids is 1. The van der Waals surface area contributed by atoms with Gasteiger partial charge in [0.1, 0.15) is 12.6 Å². The minimum atomic E-state index is -1.09. The zero-order valence-electron chi connectivity index (χ0n) is 12.9. The second-order valence-electron chi connectivity index (χ2n) is 5.83. The van der Waals surface area contributed by atoms with E-state index in [2.05, 4.69) is 5.32 Å². The smallest absolute Gasteiger partial charge is 0.323 e. The number of aliphatic carboxylic acids is 1. The third kappa shape index (κ3) is 4.32. The van der Waals surface area contributed by atoms with Gasteiger partial charge in [-0.1, -0.05) is 0 Å². The van der Waals surface area contributed by atoms with Crippen molar-refractivity contribution < 1.29 is 24.2 Å². The summed E-state index contributed by atoms with van der Waals surface area (Å²) in [6.07, 6.45) is 0. The molecule has 1 heterocycles. The van der Waals surface area contributed by atoms with Crippen LogP contribution < -0.4 is 5.32 Å². The largest absolute Gasteiger partial charge is 0.480 e. The van der Waals surface area contributed by atoms with Crippen LogP contribution >= 0.6 is 0 Å². The summed E-state index contributed by atoms with van der Waals surface area (Å²) in [5, 5.41) is 11.5. The van der Waals surface area contributed by atoms with Crippen LogP contribution in [0.25, 0.3) is 0 Å². The number of likely N-dealkylation sites (N-methyl/N-ethyl adjacent to an activating group) is 1. The van der Waals surface area contributed by atoms with Crippen molar-refractivity contribution in [1.29, 1.82) is 0 Å². The van der Waals surface area contributed by atoms with Crippen molar-refractivity contribution in [2.24, 2.45) is 0 Å². The van der Waals surface area contributed by atoms with Crippen molar-refractivity contribution in [2.45, 2.75) is 32.4 Å². The van der Waals surface area contributed by atoms with E-state index < -0.39 is 30.1 Å². The van der Waals surface area contributed by atoms with Gasteiger partial charge in [0.05, 0.1) is 13.2 Å². The SMILES string of the molecule is CNC(=O)C1COCCN1C(=O)N(CC(=O)O)C(C)(C)C. The van der Waals surface area contributed by atoms with Gasteiger partial charge in [-0.15, -0.1) is 0 Å². The van der Waals surface area contributed by atoms with Gasteiger partial charge >= 0.3 is 12.0 Å². The van der Waals surface area contributed by atoms with Gasteiger partial charge in [0, 0.05) is 19.1 Å². The van der Waals surface area contributed by atoms with E-state index in [1.54, 1.807) is 20.8 Å². The lowest BCUT2D eigenvalue weighted by Gasteiger charge is -2.42. The Balaban J connectivity index is 2.99. The number of amides is 3. The van der Waals surface area contributed by atoms with Crippen molar-refractivity contribution in [3.05, 3.63) is 0 Å². The molecule has 21 heavy (non-hydrogen) atoms. The molecule has 1 unspecified atom stereocenters. The fourth-order valence-electron chi connectivity index (χ4n) is 2.10. The fourth-order valence-corrected chi connectivity index (χ4v) is 2.10. The topological polar surface area (TPSA) is 99.2 Å². The minimum Gasteiger partial charge on any atom is -0.480 e. The maximum Gasteiger partial charge on any atom is 0.323 e. The molecule has 0 aromatic heterocycles. The van der Waals surface area contributed by atoms with E-state index in [0.717, 1.165) is 0 Å². The second kappa shape index (κ2) is 6.75. The fraction of sp³-hybridized carbons (Fsp3) is 0.769. The molecular formula is C13H23N3O5. The Kier molecular flexibility index (Phi) is 5.54. The minimum absolute atomic E-state index is 0.108. The van der Waals surface area contributed by atoms with Crippen LogP contribution in [0, 0.1) is 0 Å². The lowest BCUT2D eigenvalue weighted by atomic mass is 10.1. The molecule has 1 rings (SSSR count). The summed E-state index contributed by atoms with van der Waals surface area (Å²) >= 11 is 0. The van der Waals surface area contributed by atoms with E-state index in [-0.39, 0.29) is 19.1 Å². The third-order valence-corrected chi connectivity index (χ3v) is 3.26. The average Bonchev–Trinajstić information content (AvgIpc) is 2.41. The first-order valence-corrected chi connectivity index (χ1v) is 6.78. The van der Waals surface area contributed by atoms with E-state index >= 15 is 0 Å². The molecule has 0 aromatic carbocycles. The summed E-state index contributed by atoms with van der Waals surface area (Å²) in [6.45, 7) is 5.53. The number of rotatable bonds is 3. The molecule has 0 aromatic rings. The predicted molar refractivity (Wildman–Crippen MR) is 74.9 cm³/mol. The molecule has 1 aliphatic rings. The van der Waals surface area contributed by atoms with Crippen LogP contribution in [0.2, 0.25) is 0 Å². The van der Waals surface area contributed by atoms with Crippen molar-refractivity contribution in [1.82, 2.24) is 15.1 Å². The van der Waals surface area contributed by atoms with Crippen LogP contribution in [0.5, 0.6) is 0 Å². The van der Waals surface area contributed by atoms with E-state index in [1.165, 1.54) is 16.8 Å². The van der Waals surface area contributed by atoms with Gasteiger partial charge in [-0.25, -0.2) is 4.79 Å². The van der Waals surface area contributed by atoms with Crippen molar-refractivity contribution in [3.8, 4) is 0 Å². The maximum absolute atomic E-state index is 12.7. The molecule has 2 N–H and O–H groups in total. The molecule has 0 spiro atoms. The summed E-state index contributed by atoms with van der Waals surface area (Å²) < 4.78 is 5.24. The summed E-state index contributed by atoms with van der Waals surface area (Å²) in [7, 11) is 1.48. The van der Waals surface area contributed by atoms with Crippen LogP contribution in [-0.2, 0) is 14.3 Å². The number of hydrogen-bond donors (Lipinski definition) is 2. The molecule has 3 amide bonds. The van der Waals surface area contributed by atoms with Gasteiger partial charge in [-0.2, -0.15) is 0 Å². The summed E-state index contributed by atoms with van der Waals surface area (Å²) in [6, 6.07) is -1.21. The van der Waals surface area contributed by atoms with E-state index in [9.17, 15) is 14.4 Å². The average molecular weight is 301 g/mol. The number of carbonyl (C=O) groups excluding carboxylic acids is 2. The molecule has 0 bridgehead atoms. The molecule has 0 saturated carbocycles. The van der Waals surface area contributed by atoms with Gasteiger partial charge in [-0.05, 0) is 20.8 Å². The number of hydrogen-bond acceptors (Lipinski definition) is 4. The number of carbonyl (C=O) groups is 3. The summed E-state index contributed by atoms with van der Waals surface area (Å²) in [5.74, 6) is -1.42. The highest BCUT2D eigenvalue weighted by atomic mass is 16.5. The van der Waals surface area contributed by atoms with E-state index in [1.807, 2.05) is 0 Å². The summed E-state index contributed by atoms with van der Waals surface area (Å²) in [5.41, 5.74) is -0.666. The van der Waals surface area contributed by atoms with Crippen molar-refractivity contribution >= 4 is 17.9 Å². The Bertz CT molecular complexity index is 419. The highest BCUT2D eigenvalue weighted by molar-refractivity contribution is 5.88. The number of carboxylic acid groups (broad SMARTS) is 1. The molecule has 1 saturated heterocycles. The lowest BCUT2D eigenvalue weighted by molar-refractivity contribution is -0.139. The molecular weight excluding hydrogens is 278 g/mol. The number of urea groups is 1. The number of morpholine rings is 1. The first-order valence-electron chi connectivity index (χ1n) is 6.78. The first-order chi connectivity index (χ1) is 9.68. The predicted octanol–water partition coefficient (Wildman–Crippen LogP) is -0.262. The van der Waals surface area contributed by atoms with Crippen LogP contribution in [-0.4, -0.2) is 77.7 Å². The summed E-state index contributed by atoms with van der Waals surface area (Å²) in [4.78, 5) is 38.1. The van der Waals surface area contributed by atoms with E-state index in [4.69, 9.17) is 9.84 Å². The second-order valence-corrected chi connectivity index (χ2v) is 5.83. The maximum atomic E-state index is 12.7. The van der Waals surface area contributed by atoms with Gasteiger partial charge in [0.15, 0.2) is 0 Å². The molecule has 0 aliphatic carbocycles. The van der Waals surface area contributed by atoms with Crippen LogP contribution in [0.3, 0.4) is 0 Å². The lowest BCUT2D eigenvalue weighted by Crippen LogP contribution is -2.61. The highest BCUT2D eigenvalue weighted by Gasteiger charge is 2.38. The Morgan fingerprint density at radius 2 is 2.00 bits per heavy atom. The third-order valence-electron chi connectivity index (χ3n) is 3.26. The van der Waals surface area contributed by atoms with Gasteiger partial charge in [-0.3, -0.25) is 9.59 Å². The monoisotopic (exact) mass is 301 g/mol. The number of nitrogens with zero attached hydrogens (tertiary/aromatic N) is 2. The Labute approximate surface area is 124 Å². The molecule has 1 aliphatic heterocycles. The zero-order valence-corrected chi connectivity index (χ0v) is 12.9. The molecule has 8 nitrogen and oxygen atoms in total. The molecule has 1 atom stereocenters. The first kappa shape index (κ1) is 17.2. The van der Waals surface area contributed by atoms with Crippen LogP contribution in [0.15, 0.2) is 0 Å².